The summed E-state index contributed by atoms with van der Waals surface area (Å²) < 4.78 is 9.53. The lowest BCUT2D eigenvalue weighted by molar-refractivity contribution is -0.647. The van der Waals surface area contributed by atoms with Gasteiger partial charge in [-0.3, -0.25) is 9.97 Å². The summed E-state index contributed by atoms with van der Waals surface area (Å²) in [6.07, 6.45) is 7.40. The van der Waals surface area contributed by atoms with Crippen LogP contribution in [0.25, 0.3) is 32.0 Å². The molecule has 0 aliphatic carbocycles. The highest BCUT2D eigenvalue weighted by Crippen LogP contribution is 2.37. The minimum absolute atomic E-state index is 0.862. The molecule has 90 valence electrons. The Morgan fingerprint density at radius 3 is 3.05 bits per heavy atom. The van der Waals surface area contributed by atoms with E-state index in [4.69, 9.17) is 4.42 Å². The first-order valence-electron chi connectivity index (χ1n) is 6.04. The van der Waals surface area contributed by atoms with Crippen LogP contribution >= 0.6 is 11.3 Å². The summed E-state index contributed by atoms with van der Waals surface area (Å²) in [4.78, 5) is 9.55. The van der Waals surface area contributed by atoms with Gasteiger partial charge < -0.3 is 4.42 Å². The number of fused-ring (bicyclic) bond motifs is 7. The van der Waals surface area contributed by atoms with Crippen LogP contribution in [0.5, 0.6) is 0 Å². The number of rotatable bonds is 0. The highest BCUT2D eigenvalue weighted by Gasteiger charge is 2.35. The Hall–Kier alpha value is -2.27. The number of pyridine rings is 2. The molecule has 4 aromatic rings. The van der Waals surface area contributed by atoms with Crippen LogP contribution in [0.15, 0.2) is 41.3 Å². The zero-order valence-corrected chi connectivity index (χ0v) is 10.6. The van der Waals surface area contributed by atoms with Gasteiger partial charge in [0.2, 0.25) is 5.58 Å². The minimum atomic E-state index is 0.862. The van der Waals surface area contributed by atoms with Gasteiger partial charge in [-0.05, 0) is 12.1 Å². The van der Waals surface area contributed by atoms with Gasteiger partial charge in [-0.2, -0.15) is 0 Å². The van der Waals surface area contributed by atoms with Crippen LogP contribution in [0.2, 0.25) is 0 Å². The van der Waals surface area contributed by atoms with Crippen LogP contribution in [0.4, 0.5) is 0 Å². The largest absolute Gasteiger partial charge is 0.396 e. The van der Waals surface area contributed by atoms with Gasteiger partial charge in [-0.15, -0.1) is 4.57 Å². The predicted octanol–water partition coefficient (Wildman–Crippen LogP) is 2.75. The van der Waals surface area contributed by atoms with Crippen LogP contribution in [0.1, 0.15) is 5.56 Å². The molecule has 0 unspecified atom stereocenters. The van der Waals surface area contributed by atoms with E-state index in [1.165, 1.54) is 15.1 Å². The summed E-state index contributed by atoms with van der Waals surface area (Å²) in [6, 6.07) is 4.09. The molecule has 5 heteroatoms. The van der Waals surface area contributed by atoms with Crippen LogP contribution in [0.3, 0.4) is 0 Å². The standard InChI is InChI=1S/C14H8N3OS/c1-3-15-5-9-8(1)7-17-13(9)18-12-10-6-16-4-2-11(10)19-14(12)17/h1-6H,7H2/q+1. The summed E-state index contributed by atoms with van der Waals surface area (Å²) in [5.41, 5.74) is 3.31. The molecule has 0 radical (unpaired) electrons. The SMILES string of the molecule is c1cc2c(cn1)-c1oc3c4cnccc4sc3[n+]1C2. The highest BCUT2D eigenvalue weighted by atomic mass is 32.1. The van der Waals surface area contributed by atoms with Gasteiger partial charge >= 0.3 is 10.7 Å². The molecule has 0 N–H and O–H groups in total. The Morgan fingerprint density at radius 2 is 2.05 bits per heavy atom. The van der Waals surface area contributed by atoms with Crippen LogP contribution in [-0.2, 0) is 6.54 Å². The third-order valence-electron chi connectivity index (χ3n) is 3.59. The highest BCUT2D eigenvalue weighted by molar-refractivity contribution is 7.25. The predicted molar refractivity (Wildman–Crippen MR) is 71.9 cm³/mol. The fourth-order valence-corrected chi connectivity index (χ4v) is 3.79. The molecule has 0 spiro atoms. The molecule has 4 aromatic heterocycles. The third kappa shape index (κ3) is 1.11. The van der Waals surface area contributed by atoms with Gasteiger partial charge in [0.1, 0.15) is 5.56 Å². The molecule has 0 saturated heterocycles. The van der Waals surface area contributed by atoms with E-state index in [0.717, 1.165) is 29.0 Å². The van der Waals surface area contributed by atoms with Crippen molar-refractivity contribution in [1.29, 1.82) is 0 Å². The van der Waals surface area contributed by atoms with E-state index in [-0.39, 0.29) is 0 Å². The van der Waals surface area contributed by atoms with E-state index >= 15 is 0 Å². The van der Waals surface area contributed by atoms with Gasteiger partial charge in [0.25, 0.3) is 0 Å². The molecule has 0 bridgehead atoms. The molecule has 0 saturated carbocycles. The Morgan fingerprint density at radius 1 is 1.16 bits per heavy atom. The second-order valence-electron chi connectivity index (χ2n) is 4.63. The average Bonchev–Trinajstić information content (AvgIpc) is 3.07. The molecule has 0 amide bonds. The van der Waals surface area contributed by atoms with Gasteiger partial charge in [0.05, 0.1) is 5.39 Å². The summed E-state index contributed by atoms with van der Waals surface area (Å²) >= 11 is 1.75. The molecule has 19 heavy (non-hydrogen) atoms. The fourth-order valence-electron chi connectivity index (χ4n) is 2.70. The van der Waals surface area contributed by atoms with Gasteiger partial charge in [-0.1, -0.05) is 11.3 Å². The van der Waals surface area contributed by atoms with Crippen molar-refractivity contribution in [2.24, 2.45) is 0 Å². The molecule has 0 atom stereocenters. The molecule has 4 nitrogen and oxygen atoms in total. The van der Waals surface area contributed by atoms with Crippen LogP contribution in [-0.4, -0.2) is 9.97 Å². The van der Waals surface area contributed by atoms with E-state index < -0.39 is 0 Å². The van der Waals surface area contributed by atoms with Crippen molar-refractivity contribution in [2.75, 3.05) is 0 Å². The quantitative estimate of drug-likeness (QED) is 0.405. The van der Waals surface area contributed by atoms with Crippen molar-refractivity contribution in [3.63, 3.8) is 0 Å². The Labute approximate surface area is 112 Å². The zero-order valence-electron chi connectivity index (χ0n) is 9.83. The van der Waals surface area contributed by atoms with E-state index in [2.05, 4.69) is 20.6 Å². The average molecular weight is 266 g/mol. The number of oxazole rings is 1. The third-order valence-corrected chi connectivity index (χ3v) is 4.76. The van der Waals surface area contributed by atoms with Crippen LogP contribution < -0.4 is 4.57 Å². The Balaban J connectivity index is 1.93. The second-order valence-corrected chi connectivity index (χ2v) is 5.67. The molecule has 0 fully saturated rings. The number of thiophene rings is 1. The number of hydrogen-bond donors (Lipinski definition) is 0. The summed E-state index contributed by atoms with van der Waals surface area (Å²) in [5.74, 6) is 0.912. The number of hydrogen-bond acceptors (Lipinski definition) is 4. The zero-order chi connectivity index (χ0) is 12.4. The molecular formula is C14H8N3OS+. The van der Waals surface area contributed by atoms with Gasteiger partial charge in [0.15, 0.2) is 6.54 Å². The van der Waals surface area contributed by atoms with E-state index in [1.807, 2.05) is 30.9 Å². The maximum Gasteiger partial charge on any atom is 0.384 e. The Kier molecular flexibility index (Phi) is 1.62. The first kappa shape index (κ1) is 9.63. The first-order valence-corrected chi connectivity index (χ1v) is 6.85. The molecule has 5 rings (SSSR count). The van der Waals surface area contributed by atoms with Crippen molar-refractivity contribution in [1.82, 2.24) is 9.97 Å². The fraction of sp³-hybridized carbons (Fsp3) is 0.0714. The van der Waals surface area contributed by atoms with Gasteiger partial charge in [-0.25, -0.2) is 0 Å². The van der Waals surface area contributed by atoms with Crippen LogP contribution in [0, 0.1) is 0 Å². The van der Waals surface area contributed by atoms with E-state index in [1.54, 1.807) is 11.3 Å². The molecule has 1 aliphatic heterocycles. The van der Waals surface area contributed by atoms with Crippen molar-refractivity contribution >= 4 is 31.8 Å². The number of aromatic nitrogens is 3. The smallest absolute Gasteiger partial charge is 0.384 e. The summed E-state index contributed by atoms with van der Waals surface area (Å²) in [5, 5.41) is 1.09. The summed E-state index contributed by atoms with van der Waals surface area (Å²) in [6.45, 7) is 0.862. The van der Waals surface area contributed by atoms with E-state index in [0.29, 0.717) is 0 Å². The monoisotopic (exact) mass is 266 g/mol. The lowest BCUT2D eigenvalue weighted by Gasteiger charge is -1.88. The summed E-state index contributed by atoms with van der Waals surface area (Å²) in [7, 11) is 0. The van der Waals surface area contributed by atoms with Gasteiger partial charge in [0, 0.05) is 35.1 Å². The maximum absolute atomic E-state index is 6.08. The van der Waals surface area contributed by atoms with Crippen molar-refractivity contribution in [2.45, 2.75) is 6.54 Å². The molecule has 5 heterocycles. The molecule has 0 aromatic carbocycles. The lowest BCUT2D eigenvalue weighted by Crippen LogP contribution is -2.29. The number of nitrogens with zero attached hydrogens (tertiary/aromatic N) is 3. The van der Waals surface area contributed by atoms with Crippen molar-refractivity contribution in [3.05, 3.63) is 42.5 Å². The molecular weight excluding hydrogens is 258 g/mol. The maximum atomic E-state index is 6.08. The van der Waals surface area contributed by atoms with Crippen molar-refractivity contribution in [3.8, 4) is 11.5 Å². The normalized spacial score (nSPS) is 13.1. The van der Waals surface area contributed by atoms with E-state index in [9.17, 15) is 0 Å². The lowest BCUT2D eigenvalue weighted by atomic mass is 10.2. The molecule has 1 aliphatic rings. The second kappa shape index (κ2) is 3.19. The topological polar surface area (TPSA) is 42.8 Å². The first-order chi connectivity index (χ1) is 9.42. The Bertz CT molecular complexity index is 954. The van der Waals surface area contributed by atoms with Crippen molar-refractivity contribution < 1.29 is 8.98 Å². The minimum Gasteiger partial charge on any atom is -0.396 e.